The van der Waals surface area contributed by atoms with Crippen molar-refractivity contribution in [3.8, 4) is 16.9 Å². The molecule has 82 valence electrons. The van der Waals surface area contributed by atoms with Crippen LogP contribution in [0.1, 0.15) is 5.56 Å². The summed E-state index contributed by atoms with van der Waals surface area (Å²) in [7, 11) is 3.74. The van der Waals surface area contributed by atoms with Crippen molar-refractivity contribution >= 4 is 0 Å². The molecule has 0 saturated heterocycles. The summed E-state index contributed by atoms with van der Waals surface area (Å²) in [5, 5.41) is 11.1. The molecule has 2 aromatic rings. The van der Waals surface area contributed by atoms with E-state index in [9.17, 15) is 5.11 Å². The Morgan fingerprint density at radius 3 is 2.44 bits per heavy atom. The van der Waals surface area contributed by atoms with Crippen LogP contribution in [-0.2, 0) is 6.54 Å². The molecule has 0 saturated carbocycles. The van der Waals surface area contributed by atoms with Gasteiger partial charge in [0.15, 0.2) is 0 Å². The van der Waals surface area contributed by atoms with Gasteiger partial charge in [-0.05, 0) is 29.3 Å². The molecule has 0 aliphatic heterocycles. The SMILES string of the molecule is [CH2-][NH2+]Cc1cccc(-c2ccc(O)cc2)c1. The van der Waals surface area contributed by atoms with Crippen LogP contribution in [0.3, 0.4) is 0 Å². The summed E-state index contributed by atoms with van der Waals surface area (Å²) >= 11 is 0. The maximum absolute atomic E-state index is 9.23. The molecular formula is C14H15NO. The van der Waals surface area contributed by atoms with Crippen LogP contribution in [0.2, 0.25) is 0 Å². The summed E-state index contributed by atoms with van der Waals surface area (Å²) in [4.78, 5) is 0. The van der Waals surface area contributed by atoms with Gasteiger partial charge in [-0.15, -0.1) is 0 Å². The molecule has 16 heavy (non-hydrogen) atoms. The maximum atomic E-state index is 9.23. The third kappa shape index (κ3) is 2.41. The number of aromatic hydroxyl groups is 1. The first-order chi connectivity index (χ1) is 7.79. The highest BCUT2D eigenvalue weighted by molar-refractivity contribution is 5.64. The van der Waals surface area contributed by atoms with Crippen LogP contribution in [-0.4, -0.2) is 5.11 Å². The van der Waals surface area contributed by atoms with E-state index in [1.54, 1.807) is 12.1 Å². The van der Waals surface area contributed by atoms with E-state index < -0.39 is 0 Å². The number of nitrogens with two attached hydrogens (primary N) is 1. The zero-order valence-electron chi connectivity index (χ0n) is 9.06. The van der Waals surface area contributed by atoms with Crippen LogP contribution in [0, 0.1) is 7.05 Å². The monoisotopic (exact) mass is 213 g/mol. The van der Waals surface area contributed by atoms with Gasteiger partial charge in [0.1, 0.15) is 5.75 Å². The number of hydrogen-bond acceptors (Lipinski definition) is 1. The lowest BCUT2D eigenvalue weighted by Gasteiger charge is -2.05. The highest BCUT2D eigenvalue weighted by Gasteiger charge is 1.99. The topological polar surface area (TPSA) is 36.8 Å². The van der Waals surface area contributed by atoms with Crippen molar-refractivity contribution in [1.82, 2.24) is 0 Å². The molecule has 0 radical (unpaired) electrons. The zero-order valence-corrected chi connectivity index (χ0v) is 9.06. The Labute approximate surface area is 95.6 Å². The summed E-state index contributed by atoms with van der Waals surface area (Å²) < 4.78 is 0. The average molecular weight is 213 g/mol. The van der Waals surface area contributed by atoms with Crippen molar-refractivity contribution in [2.24, 2.45) is 0 Å². The van der Waals surface area contributed by atoms with Crippen LogP contribution in [0.4, 0.5) is 0 Å². The van der Waals surface area contributed by atoms with Gasteiger partial charge in [-0.25, -0.2) is 0 Å². The van der Waals surface area contributed by atoms with E-state index in [2.05, 4.69) is 25.2 Å². The fourth-order valence-electron chi connectivity index (χ4n) is 1.70. The molecule has 2 nitrogen and oxygen atoms in total. The van der Waals surface area contributed by atoms with Gasteiger partial charge in [-0.3, -0.25) is 0 Å². The van der Waals surface area contributed by atoms with Crippen LogP contribution in [0.5, 0.6) is 5.75 Å². The minimum Gasteiger partial charge on any atom is -0.508 e. The first-order valence-electron chi connectivity index (χ1n) is 5.29. The molecule has 0 unspecified atom stereocenters. The lowest BCUT2D eigenvalue weighted by atomic mass is 10.0. The summed E-state index contributed by atoms with van der Waals surface area (Å²) in [6.45, 7) is 0.881. The molecule has 0 amide bonds. The van der Waals surface area contributed by atoms with Crippen LogP contribution >= 0.6 is 0 Å². The van der Waals surface area contributed by atoms with Gasteiger partial charge in [-0.1, -0.05) is 30.3 Å². The van der Waals surface area contributed by atoms with E-state index in [1.165, 1.54) is 11.1 Å². The Morgan fingerprint density at radius 1 is 1.00 bits per heavy atom. The van der Waals surface area contributed by atoms with Crippen molar-refractivity contribution < 1.29 is 10.4 Å². The number of phenolic OH excluding ortho intramolecular Hbond substituents is 1. The number of rotatable bonds is 3. The minimum atomic E-state index is 0.297. The number of quaternary nitrogens is 1. The first-order valence-corrected chi connectivity index (χ1v) is 5.29. The Hall–Kier alpha value is -1.80. The number of benzene rings is 2. The molecule has 0 heterocycles. The fraction of sp³-hybridized carbons (Fsp3) is 0.0714. The Bertz CT molecular complexity index is 462. The predicted molar refractivity (Wildman–Crippen MR) is 64.5 cm³/mol. The molecule has 2 heteroatoms. The molecule has 3 N–H and O–H groups in total. The smallest absolute Gasteiger partial charge is 0.115 e. The van der Waals surface area contributed by atoms with E-state index in [-0.39, 0.29) is 0 Å². The van der Waals surface area contributed by atoms with Crippen LogP contribution in [0.25, 0.3) is 11.1 Å². The Kier molecular flexibility index (Phi) is 3.22. The molecular weight excluding hydrogens is 198 g/mol. The molecule has 0 aromatic heterocycles. The molecule has 0 aliphatic rings. The molecule has 0 aliphatic carbocycles. The largest absolute Gasteiger partial charge is 0.508 e. The molecule has 2 aromatic carbocycles. The van der Waals surface area contributed by atoms with Crippen molar-refractivity contribution in [3.63, 3.8) is 0 Å². The van der Waals surface area contributed by atoms with Crippen molar-refractivity contribution in [2.75, 3.05) is 0 Å². The maximum Gasteiger partial charge on any atom is 0.115 e. The number of hydrogen-bond donors (Lipinski definition) is 2. The summed E-state index contributed by atoms with van der Waals surface area (Å²) in [6.07, 6.45) is 0. The highest BCUT2D eigenvalue weighted by atomic mass is 16.3. The van der Waals surface area contributed by atoms with Gasteiger partial charge in [-0.2, -0.15) is 7.05 Å². The van der Waals surface area contributed by atoms with E-state index in [4.69, 9.17) is 0 Å². The van der Waals surface area contributed by atoms with Gasteiger partial charge in [0, 0.05) is 5.56 Å². The second-order valence-electron chi connectivity index (χ2n) is 3.74. The molecule has 0 spiro atoms. The third-order valence-corrected chi connectivity index (χ3v) is 2.51. The Morgan fingerprint density at radius 2 is 1.75 bits per heavy atom. The standard InChI is InChI=1S/C14H15NO/c1-15-10-11-3-2-4-13(9-11)12-5-7-14(16)8-6-12/h2-9,16H,1,10,15H2. The first kappa shape index (κ1) is 10.7. The number of phenols is 1. The average Bonchev–Trinajstić information content (AvgIpc) is 2.31. The quantitative estimate of drug-likeness (QED) is 0.751. The van der Waals surface area contributed by atoms with E-state index >= 15 is 0 Å². The lowest BCUT2D eigenvalue weighted by molar-refractivity contribution is -0.612. The molecule has 0 atom stereocenters. The second kappa shape index (κ2) is 4.81. The summed E-state index contributed by atoms with van der Waals surface area (Å²) in [6, 6.07) is 15.6. The second-order valence-corrected chi connectivity index (χ2v) is 3.74. The molecule has 0 bridgehead atoms. The lowest BCUT2D eigenvalue weighted by Crippen LogP contribution is -2.74. The van der Waals surface area contributed by atoms with E-state index in [0.717, 1.165) is 12.1 Å². The van der Waals surface area contributed by atoms with Crippen LogP contribution in [0.15, 0.2) is 48.5 Å². The van der Waals surface area contributed by atoms with Crippen molar-refractivity contribution in [2.45, 2.75) is 6.54 Å². The van der Waals surface area contributed by atoms with Gasteiger partial charge in [0.2, 0.25) is 0 Å². The summed E-state index contributed by atoms with van der Waals surface area (Å²) in [5.41, 5.74) is 3.53. The minimum absolute atomic E-state index is 0.297. The van der Waals surface area contributed by atoms with Gasteiger partial charge in [0.05, 0.1) is 6.54 Å². The van der Waals surface area contributed by atoms with E-state index in [0.29, 0.717) is 5.75 Å². The normalized spacial score (nSPS) is 10.3. The zero-order chi connectivity index (χ0) is 11.4. The van der Waals surface area contributed by atoms with Crippen molar-refractivity contribution in [1.29, 1.82) is 0 Å². The van der Waals surface area contributed by atoms with E-state index in [1.807, 2.05) is 23.5 Å². The highest BCUT2D eigenvalue weighted by Crippen LogP contribution is 2.22. The van der Waals surface area contributed by atoms with Gasteiger partial charge < -0.3 is 10.4 Å². The Balaban J connectivity index is 2.32. The molecule has 2 rings (SSSR count). The summed E-state index contributed by atoms with van der Waals surface area (Å²) in [5.74, 6) is 0.297. The third-order valence-electron chi connectivity index (χ3n) is 2.51. The van der Waals surface area contributed by atoms with Crippen LogP contribution < -0.4 is 5.32 Å². The van der Waals surface area contributed by atoms with Crippen molar-refractivity contribution in [3.05, 3.63) is 61.1 Å². The van der Waals surface area contributed by atoms with Gasteiger partial charge in [0.25, 0.3) is 0 Å². The predicted octanol–water partition coefficient (Wildman–Crippen LogP) is 1.91. The fourth-order valence-corrected chi connectivity index (χ4v) is 1.70. The van der Waals surface area contributed by atoms with Gasteiger partial charge >= 0.3 is 0 Å². The molecule has 0 fully saturated rings.